The SMILES string of the molecule is CCc1ccsc1C(O)c1ccccc1OC(F)(F)F. The molecule has 108 valence electrons. The Hall–Kier alpha value is -1.53. The molecule has 2 rings (SSSR count). The van der Waals surface area contributed by atoms with E-state index in [2.05, 4.69) is 4.74 Å². The number of thiophene rings is 1. The van der Waals surface area contributed by atoms with Crippen molar-refractivity contribution in [3.63, 3.8) is 0 Å². The first-order valence-electron chi connectivity index (χ1n) is 6.01. The predicted octanol–water partition coefficient (Wildman–Crippen LogP) is 4.29. The number of aliphatic hydroxyl groups is 1. The van der Waals surface area contributed by atoms with Crippen LogP contribution in [0.5, 0.6) is 5.75 Å². The van der Waals surface area contributed by atoms with Gasteiger partial charge < -0.3 is 9.84 Å². The molecule has 0 saturated carbocycles. The monoisotopic (exact) mass is 302 g/mol. The van der Waals surface area contributed by atoms with Gasteiger partial charge in [0.2, 0.25) is 0 Å². The zero-order chi connectivity index (χ0) is 14.8. The van der Waals surface area contributed by atoms with E-state index in [1.807, 2.05) is 18.4 Å². The third kappa shape index (κ3) is 3.32. The highest BCUT2D eigenvalue weighted by molar-refractivity contribution is 7.10. The maximum atomic E-state index is 12.4. The van der Waals surface area contributed by atoms with Crippen LogP contribution < -0.4 is 4.74 Å². The Balaban J connectivity index is 2.37. The highest BCUT2D eigenvalue weighted by Gasteiger charge is 2.33. The second-order valence-corrected chi connectivity index (χ2v) is 5.10. The summed E-state index contributed by atoms with van der Waals surface area (Å²) in [7, 11) is 0. The first-order valence-corrected chi connectivity index (χ1v) is 6.89. The third-order valence-electron chi connectivity index (χ3n) is 2.85. The summed E-state index contributed by atoms with van der Waals surface area (Å²) in [6.45, 7) is 1.93. The minimum Gasteiger partial charge on any atom is -0.405 e. The molecule has 1 unspecified atom stereocenters. The number of benzene rings is 1. The van der Waals surface area contributed by atoms with Crippen molar-refractivity contribution >= 4 is 11.3 Å². The Kier molecular flexibility index (Phi) is 4.35. The number of hydrogen-bond donors (Lipinski definition) is 1. The van der Waals surface area contributed by atoms with E-state index in [1.54, 1.807) is 6.07 Å². The number of hydrogen-bond acceptors (Lipinski definition) is 3. The number of para-hydroxylation sites is 1. The van der Waals surface area contributed by atoms with E-state index in [-0.39, 0.29) is 11.3 Å². The summed E-state index contributed by atoms with van der Waals surface area (Å²) >= 11 is 1.32. The van der Waals surface area contributed by atoms with Gasteiger partial charge in [0, 0.05) is 10.4 Å². The van der Waals surface area contributed by atoms with Gasteiger partial charge in [0.1, 0.15) is 11.9 Å². The lowest BCUT2D eigenvalue weighted by molar-refractivity contribution is -0.275. The van der Waals surface area contributed by atoms with Crippen molar-refractivity contribution in [3.8, 4) is 5.75 Å². The molecule has 0 saturated heterocycles. The highest BCUT2D eigenvalue weighted by atomic mass is 32.1. The first kappa shape index (κ1) is 14.9. The van der Waals surface area contributed by atoms with Crippen LogP contribution in [-0.4, -0.2) is 11.5 Å². The van der Waals surface area contributed by atoms with Crippen molar-refractivity contribution in [2.75, 3.05) is 0 Å². The summed E-state index contributed by atoms with van der Waals surface area (Å²) in [4.78, 5) is 0.644. The van der Waals surface area contributed by atoms with Crippen molar-refractivity contribution in [2.24, 2.45) is 0 Å². The van der Waals surface area contributed by atoms with E-state index in [1.165, 1.54) is 29.5 Å². The molecule has 0 aliphatic rings. The molecule has 0 radical (unpaired) electrons. The van der Waals surface area contributed by atoms with Gasteiger partial charge >= 0.3 is 6.36 Å². The molecule has 0 fully saturated rings. The standard InChI is InChI=1S/C14H13F3O2S/c1-2-9-7-8-20-13(9)12(18)10-5-3-4-6-11(10)19-14(15,16)17/h3-8,12,18H,2H2,1H3. The number of alkyl halides is 3. The fraction of sp³-hybridized carbons (Fsp3) is 0.286. The van der Waals surface area contributed by atoms with E-state index < -0.39 is 12.5 Å². The summed E-state index contributed by atoms with van der Waals surface area (Å²) in [5.74, 6) is -0.372. The summed E-state index contributed by atoms with van der Waals surface area (Å²) in [6.07, 6.45) is -5.19. The molecule has 6 heteroatoms. The van der Waals surface area contributed by atoms with E-state index >= 15 is 0 Å². The van der Waals surface area contributed by atoms with E-state index in [0.29, 0.717) is 11.3 Å². The Morgan fingerprint density at radius 2 is 1.95 bits per heavy atom. The van der Waals surface area contributed by atoms with Gasteiger partial charge in [-0.25, -0.2) is 0 Å². The zero-order valence-corrected chi connectivity index (χ0v) is 11.5. The lowest BCUT2D eigenvalue weighted by Gasteiger charge is -2.17. The molecule has 1 heterocycles. The zero-order valence-electron chi connectivity index (χ0n) is 10.6. The lowest BCUT2D eigenvalue weighted by atomic mass is 10.0. The number of ether oxygens (including phenoxy) is 1. The van der Waals surface area contributed by atoms with E-state index in [9.17, 15) is 18.3 Å². The van der Waals surface area contributed by atoms with Gasteiger partial charge in [0.05, 0.1) is 0 Å². The molecule has 0 bridgehead atoms. The smallest absolute Gasteiger partial charge is 0.405 e. The first-order chi connectivity index (χ1) is 9.42. The van der Waals surface area contributed by atoms with Crippen LogP contribution >= 0.6 is 11.3 Å². The van der Waals surface area contributed by atoms with Gasteiger partial charge in [-0.15, -0.1) is 24.5 Å². The Labute approximate surface area is 118 Å². The fourth-order valence-electron chi connectivity index (χ4n) is 1.94. The predicted molar refractivity (Wildman–Crippen MR) is 70.9 cm³/mol. The minimum absolute atomic E-state index is 0.113. The van der Waals surface area contributed by atoms with E-state index in [0.717, 1.165) is 5.56 Å². The molecular weight excluding hydrogens is 289 g/mol. The molecule has 0 amide bonds. The van der Waals surface area contributed by atoms with E-state index in [4.69, 9.17) is 0 Å². The van der Waals surface area contributed by atoms with Crippen LogP contribution in [-0.2, 0) is 6.42 Å². The van der Waals surface area contributed by atoms with Crippen molar-refractivity contribution in [3.05, 3.63) is 51.7 Å². The molecule has 2 nitrogen and oxygen atoms in total. The van der Waals surface area contributed by atoms with Crippen molar-refractivity contribution in [2.45, 2.75) is 25.8 Å². The molecule has 0 aliphatic heterocycles. The molecule has 1 N–H and O–H groups in total. The summed E-state index contributed by atoms with van der Waals surface area (Å²) < 4.78 is 41.1. The second kappa shape index (κ2) is 5.85. The number of halogens is 3. The van der Waals surface area contributed by atoms with Crippen LogP contribution in [0.4, 0.5) is 13.2 Å². The summed E-state index contributed by atoms with van der Waals surface area (Å²) in [6, 6.07) is 7.50. The van der Waals surface area contributed by atoms with Crippen LogP contribution in [0, 0.1) is 0 Å². The van der Waals surface area contributed by atoms with Crippen LogP contribution in [0.15, 0.2) is 35.7 Å². The molecule has 20 heavy (non-hydrogen) atoms. The largest absolute Gasteiger partial charge is 0.573 e. The summed E-state index contributed by atoms with van der Waals surface area (Å²) in [5.41, 5.74) is 1.03. The molecular formula is C14H13F3O2S. The number of aryl methyl sites for hydroxylation is 1. The maximum Gasteiger partial charge on any atom is 0.573 e. The van der Waals surface area contributed by atoms with Crippen LogP contribution in [0.3, 0.4) is 0 Å². The van der Waals surface area contributed by atoms with Crippen LogP contribution in [0.1, 0.15) is 29.0 Å². The van der Waals surface area contributed by atoms with Crippen LogP contribution in [0.2, 0.25) is 0 Å². The van der Waals surface area contributed by atoms with Gasteiger partial charge in [-0.3, -0.25) is 0 Å². The molecule has 0 aliphatic carbocycles. The second-order valence-electron chi connectivity index (χ2n) is 4.15. The quantitative estimate of drug-likeness (QED) is 0.913. The molecule has 1 aromatic heterocycles. The topological polar surface area (TPSA) is 29.5 Å². The molecule has 1 atom stereocenters. The molecule has 0 spiro atoms. The van der Waals surface area contributed by atoms with Gasteiger partial charge in [0.25, 0.3) is 0 Å². The van der Waals surface area contributed by atoms with Gasteiger partial charge in [-0.1, -0.05) is 25.1 Å². The fourth-order valence-corrected chi connectivity index (χ4v) is 2.94. The normalized spacial score (nSPS) is 13.2. The average Bonchev–Trinajstić information content (AvgIpc) is 2.85. The number of rotatable bonds is 4. The Bertz CT molecular complexity index is 578. The minimum atomic E-state index is -4.78. The van der Waals surface area contributed by atoms with Gasteiger partial charge in [-0.2, -0.15) is 0 Å². The Morgan fingerprint density at radius 3 is 2.60 bits per heavy atom. The summed E-state index contributed by atoms with van der Waals surface area (Å²) in [5, 5.41) is 12.1. The number of aliphatic hydroxyl groups excluding tert-OH is 1. The average molecular weight is 302 g/mol. The molecule has 2 aromatic rings. The highest BCUT2D eigenvalue weighted by Crippen LogP contribution is 2.36. The Morgan fingerprint density at radius 1 is 1.25 bits per heavy atom. The van der Waals surface area contributed by atoms with Crippen molar-refractivity contribution < 1.29 is 23.0 Å². The third-order valence-corrected chi connectivity index (χ3v) is 3.86. The van der Waals surface area contributed by atoms with Gasteiger partial charge in [0.15, 0.2) is 0 Å². The van der Waals surface area contributed by atoms with Crippen molar-refractivity contribution in [1.29, 1.82) is 0 Å². The maximum absolute atomic E-state index is 12.4. The van der Waals surface area contributed by atoms with Crippen LogP contribution in [0.25, 0.3) is 0 Å². The van der Waals surface area contributed by atoms with Gasteiger partial charge in [-0.05, 0) is 29.5 Å². The molecule has 1 aromatic carbocycles. The van der Waals surface area contributed by atoms with Crippen molar-refractivity contribution in [1.82, 2.24) is 0 Å². The lowest BCUT2D eigenvalue weighted by Crippen LogP contribution is -2.18.